The molecule has 0 saturated heterocycles. The molecule has 0 amide bonds. The molecule has 0 atom stereocenters. The van der Waals surface area contributed by atoms with Gasteiger partial charge in [-0.1, -0.05) is 74.8 Å². The Balaban J connectivity index is 1.97. The van der Waals surface area contributed by atoms with Gasteiger partial charge in [-0.2, -0.15) is 0 Å². The van der Waals surface area contributed by atoms with Gasteiger partial charge in [-0.05, 0) is 31.2 Å². The SMILES string of the molecule is Cc1ccc(C2CCCCCCCCC2)cc1. The molecule has 0 aromatic heterocycles. The van der Waals surface area contributed by atoms with Gasteiger partial charge in [0.15, 0.2) is 0 Å². The Bertz CT molecular complexity index is 299. The fraction of sp³-hybridized carbons (Fsp3) is 0.647. The average Bonchev–Trinajstić information content (AvgIpc) is 2.37. The fourth-order valence-electron chi connectivity index (χ4n) is 2.98. The quantitative estimate of drug-likeness (QED) is 0.589. The van der Waals surface area contributed by atoms with Crippen molar-refractivity contribution in [3.63, 3.8) is 0 Å². The molecule has 0 radical (unpaired) electrons. The van der Waals surface area contributed by atoms with Crippen molar-refractivity contribution in [2.24, 2.45) is 0 Å². The van der Waals surface area contributed by atoms with E-state index in [1.165, 1.54) is 63.4 Å². The maximum Gasteiger partial charge on any atom is -0.0162 e. The van der Waals surface area contributed by atoms with E-state index in [9.17, 15) is 0 Å². The summed E-state index contributed by atoms with van der Waals surface area (Å²) in [6, 6.07) is 9.25. The van der Waals surface area contributed by atoms with Gasteiger partial charge < -0.3 is 0 Å². The molecule has 17 heavy (non-hydrogen) atoms. The Labute approximate surface area is 106 Å². The smallest absolute Gasteiger partial charge is 0.0162 e. The summed E-state index contributed by atoms with van der Waals surface area (Å²) in [5.74, 6) is 0.827. The Morgan fingerprint density at radius 3 is 1.71 bits per heavy atom. The zero-order valence-corrected chi connectivity index (χ0v) is 11.3. The number of aryl methyl sites for hydroxylation is 1. The predicted molar refractivity (Wildman–Crippen MR) is 75.5 cm³/mol. The van der Waals surface area contributed by atoms with Crippen LogP contribution in [0.2, 0.25) is 0 Å². The Hall–Kier alpha value is -0.780. The molecule has 0 aliphatic heterocycles. The third-order valence-corrected chi connectivity index (χ3v) is 4.15. The minimum absolute atomic E-state index is 0.827. The summed E-state index contributed by atoms with van der Waals surface area (Å²) in [5, 5.41) is 0. The highest BCUT2D eigenvalue weighted by molar-refractivity contribution is 5.24. The minimum Gasteiger partial charge on any atom is -0.0590 e. The van der Waals surface area contributed by atoms with Crippen LogP contribution in [0.3, 0.4) is 0 Å². The molecule has 1 aromatic rings. The Morgan fingerprint density at radius 1 is 0.706 bits per heavy atom. The van der Waals surface area contributed by atoms with Crippen molar-refractivity contribution in [3.8, 4) is 0 Å². The van der Waals surface area contributed by atoms with Gasteiger partial charge in [0.2, 0.25) is 0 Å². The van der Waals surface area contributed by atoms with E-state index in [2.05, 4.69) is 31.2 Å². The highest BCUT2D eigenvalue weighted by Gasteiger charge is 2.12. The van der Waals surface area contributed by atoms with Crippen LogP contribution < -0.4 is 0 Å². The topological polar surface area (TPSA) is 0 Å². The van der Waals surface area contributed by atoms with Crippen LogP contribution in [0.25, 0.3) is 0 Å². The lowest BCUT2D eigenvalue weighted by molar-refractivity contribution is 0.463. The first-order valence-corrected chi connectivity index (χ1v) is 7.43. The standard InChI is InChI=1S/C17H26/c1-15-11-13-17(14-12-15)16-9-7-5-3-2-4-6-8-10-16/h11-14,16H,2-10H2,1H3. The zero-order valence-electron chi connectivity index (χ0n) is 11.3. The highest BCUT2D eigenvalue weighted by atomic mass is 14.2. The zero-order chi connectivity index (χ0) is 11.9. The highest BCUT2D eigenvalue weighted by Crippen LogP contribution is 2.29. The first-order chi connectivity index (χ1) is 8.36. The molecule has 2 rings (SSSR count). The van der Waals surface area contributed by atoms with Crippen molar-refractivity contribution in [3.05, 3.63) is 35.4 Å². The van der Waals surface area contributed by atoms with Crippen molar-refractivity contribution in [1.29, 1.82) is 0 Å². The number of hydrogen-bond donors (Lipinski definition) is 0. The molecule has 1 aliphatic carbocycles. The van der Waals surface area contributed by atoms with Crippen LogP contribution >= 0.6 is 0 Å². The molecule has 0 unspecified atom stereocenters. The number of hydrogen-bond acceptors (Lipinski definition) is 0. The van der Waals surface area contributed by atoms with E-state index in [4.69, 9.17) is 0 Å². The van der Waals surface area contributed by atoms with Gasteiger partial charge in [-0.15, -0.1) is 0 Å². The monoisotopic (exact) mass is 230 g/mol. The summed E-state index contributed by atoms with van der Waals surface area (Å²) in [7, 11) is 0. The van der Waals surface area contributed by atoms with Gasteiger partial charge in [0.1, 0.15) is 0 Å². The molecular weight excluding hydrogens is 204 g/mol. The van der Waals surface area contributed by atoms with Crippen molar-refractivity contribution in [2.75, 3.05) is 0 Å². The summed E-state index contributed by atoms with van der Waals surface area (Å²) in [6.45, 7) is 2.18. The average molecular weight is 230 g/mol. The van der Waals surface area contributed by atoms with Crippen LogP contribution in [0.5, 0.6) is 0 Å². The van der Waals surface area contributed by atoms with E-state index in [0.717, 1.165) is 5.92 Å². The van der Waals surface area contributed by atoms with Crippen LogP contribution in [0.4, 0.5) is 0 Å². The summed E-state index contributed by atoms with van der Waals surface area (Å²) >= 11 is 0. The lowest BCUT2D eigenvalue weighted by atomic mass is 9.87. The number of benzene rings is 1. The molecule has 0 N–H and O–H groups in total. The first kappa shape index (κ1) is 12.7. The lowest BCUT2D eigenvalue weighted by Gasteiger charge is -2.19. The van der Waals surface area contributed by atoms with Gasteiger partial charge in [-0.25, -0.2) is 0 Å². The third-order valence-electron chi connectivity index (χ3n) is 4.15. The Morgan fingerprint density at radius 2 is 1.18 bits per heavy atom. The largest absolute Gasteiger partial charge is 0.0590 e. The second kappa shape index (κ2) is 6.83. The molecule has 1 fully saturated rings. The van der Waals surface area contributed by atoms with E-state index < -0.39 is 0 Å². The summed E-state index contributed by atoms with van der Waals surface area (Å²) in [5.41, 5.74) is 2.96. The second-order valence-corrected chi connectivity index (χ2v) is 5.66. The normalized spacial score (nSPS) is 20.1. The molecule has 0 heterocycles. The number of rotatable bonds is 1. The maximum atomic E-state index is 2.35. The van der Waals surface area contributed by atoms with E-state index in [0.29, 0.717) is 0 Å². The molecule has 1 saturated carbocycles. The van der Waals surface area contributed by atoms with Crippen LogP contribution in [-0.4, -0.2) is 0 Å². The fourth-order valence-corrected chi connectivity index (χ4v) is 2.98. The molecule has 0 heteroatoms. The van der Waals surface area contributed by atoms with Crippen molar-refractivity contribution >= 4 is 0 Å². The minimum atomic E-state index is 0.827. The van der Waals surface area contributed by atoms with Gasteiger partial charge in [0.05, 0.1) is 0 Å². The van der Waals surface area contributed by atoms with E-state index >= 15 is 0 Å². The van der Waals surface area contributed by atoms with Crippen molar-refractivity contribution in [2.45, 2.75) is 70.6 Å². The summed E-state index contributed by atoms with van der Waals surface area (Å²) in [4.78, 5) is 0. The molecular formula is C17H26. The molecule has 0 nitrogen and oxygen atoms in total. The summed E-state index contributed by atoms with van der Waals surface area (Å²) < 4.78 is 0. The molecule has 0 bridgehead atoms. The molecule has 1 aromatic carbocycles. The van der Waals surface area contributed by atoms with Gasteiger partial charge in [0.25, 0.3) is 0 Å². The van der Waals surface area contributed by atoms with Crippen molar-refractivity contribution in [1.82, 2.24) is 0 Å². The molecule has 0 spiro atoms. The Kier molecular flexibility index (Phi) is 5.09. The van der Waals surface area contributed by atoms with Crippen LogP contribution in [0.15, 0.2) is 24.3 Å². The maximum absolute atomic E-state index is 2.35. The van der Waals surface area contributed by atoms with Crippen molar-refractivity contribution < 1.29 is 0 Å². The van der Waals surface area contributed by atoms with Crippen LogP contribution in [0, 0.1) is 6.92 Å². The second-order valence-electron chi connectivity index (χ2n) is 5.66. The third kappa shape index (κ3) is 4.18. The summed E-state index contributed by atoms with van der Waals surface area (Å²) in [6.07, 6.45) is 12.9. The van der Waals surface area contributed by atoms with E-state index in [1.807, 2.05) is 0 Å². The van der Waals surface area contributed by atoms with Gasteiger partial charge >= 0.3 is 0 Å². The molecule has 1 aliphatic rings. The van der Waals surface area contributed by atoms with E-state index in [-0.39, 0.29) is 0 Å². The van der Waals surface area contributed by atoms with E-state index in [1.54, 1.807) is 5.56 Å². The van der Waals surface area contributed by atoms with Crippen LogP contribution in [-0.2, 0) is 0 Å². The van der Waals surface area contributed by atoms with Gasteiger partial charge in [-0.3, -0.25) is 0 Å². The lowest BCUT2D eigenvalue weighted by Crippen LogP contribution is -2.01. The van der Waals surface area contributed by atoms with Crippen LogP contribution in [0.1, 0.15) is 74.8 Å². The predicted octanol–water partition coefficient (Wildman–Crippen LogP) is 5.60. The van der Waals surface area contributed by atoms with Gasteiger partial charge in [0, 0.05) is 0 Å². The first-order valence-electron chi connectivity index (χ1n) is 7.43. The molecule has 94 valence electrons.